The molecule has 6 heteroatoms. The monoisotopic (exact) mass is 260 g/mol. The van der Waals surface area contributed by atoms with Gasteiger partial charge in [0, 0.05) is 13.1 Å². The van der Waals surface area contributed by atoms with Gasteiger partial charge in [-0.2, -0.15) is 9.97 Å². The predicted octanol–water partition coefficient (Wildman–Crippen LogP) is 2.39. The van der Waals surface area contributed by atoms with Crippen molar-refractivity contribution in [1.82, 2.24) is 19.9 Å². The Hall–Kier alpha value is -1.85. The molecule has 0 aliphatic heterocycles. The number of nitrogens with one attached hydrogen (secondary N) is 3. The number of aromatic amines is 1. The van der Waals surface area contributed by atoms with Gasteiger partial charge in [-0.3, -0.25) is 0 Å². The van der Waals surface area contributed by atoms with Gasteiger partial charge in [0.2, 0.25) is 5.95 Å². The summed E-state index contributed by atoms with van der Waals surface area (Å²) >= 11 is 0. The Labute approximate surface area is 112 Å². The minimum Gasteiger partial charge on any atom is -0.368 e. The van der Waals surface area contributed by atoms with Gasteiger partial charge in [0.05, 0.1) is 6.33 Å². The van der Waals surface area contributed by atoms with Gasteiger partial charge in [-0.25, -0.2) is 4.98 Å². The van der Waals surface area contributed by atoms with E-state index in [9.17, 15) is 0 Å². The normalized spacial score (nSPS) is 16.5. The fraction of sp³-hybridized carbons (Fsp3) is 0.615. The predicted molar refractivity (Wildman–Crippen MR) is 76.3 cm³/mol. The Morgan fingerprint density at radius 2 is 2.16 bits per heavy atom. The fourth-order valence-electron chi connectivity index (χ4n) is 1.96. The number of aromatic nitrogens is 4. The molecule has 0 aromatic carbocycles. The van der Waals surface area contributed by atoms with Crippen LogP contribution in [-0.2, 0) is 0 Å². The number of imidazole rings is 1. The smallest absolute Gasteiger partial charge is 0.226 e. The third-order valence-corrected chi connectivity index (χ3v) is 3.60. The summed E-state index contributed by atoms with van der Waals surface area (Å²) in [7, 11) is 0. The Bertz CT molecular complexity index is 572. The minimum absolute atomic E-state index is 0.439. The maximum atomic E-state index is 4.54. The summed E-state index contributed by atoms with van der Waals surface area (Å²) in [4.78, 5) is 16.2. The van der Waals surface area contributed by atoms with E-state index in [-0.39, 0.29) is 0 Å². The summed E-state index contributed by atoms with van der Waals surface area (Å²) in [5.74, 6) is 1.49. The first-order valence-electron chi connectivity index (χ1n) is 6.89. The second-order valence-electron chi connectivity index (χ2n) is 5.59. The van der Waals surface area contributed by atoms with E-state index in [1.54, 1.807) is 6.33 Å². The van der Waals surface area contributed by atoms with Gasteiger partial charge in [0.25, 0.3) is 0 Å². The number of nitrogens with zero attached hydrogens (tertiary/aromatic N) is 3. The zero-order valence-corrected chi connectivity index (χ0v) is 11.5. The van der Waals surface area contributed by atoms with E-state index in [0.29, 0.717) is 17.0 Å². The zero-order chi connectivity index (χ0) is 13.3. The van der Waals surface area contributed by atoms with E-state index in [1.165, 1.54) is 12.8 Å². The Balaban J connectivity index is 1.84. The molecule has 1 aliphatic carbocycles. The number of fused-ring (bicyclic) bond motifs is 1. The van der Waals surface area contributed by atoms with E-state index in [0.717, 1.165) is 30.8 Å². The van der Waals surface area contributed by atoms with E-state index < -0.39 is 0 Å². The van der Waals surface area contributed by atoms with E-state index in [1.807, 2.05) is 0 Å². The van der Waals surface area contributed by atoms with Crippen molar-refractivity contribution in [3.8, 4) is 0 Å². The van der Waals surface area contributed by atoms with Crippen LogP contribution in [0.2, 0.25) is 0 Å². The number of rotatable bonds is 6. The minimum atomic E-state index is 0.439. The van der Waals surface area contributed by atoms with Crippen molar-refractivity contribution in [1.29, 1.82) is 0 Å². The number of H-pyrrole nitrogens is 1. The average molecular weight is 260 g/mol. The van der Waals surface area contributed by atoms with Crippen LogP contribution in [0.5, 0.6) is 0 Å². The van der Waals surface area contributed by atoms with Gasteiger partial charge < -0.3 is 15.6 Å². The molecule has 0 bridgehead atoms. The molecule has 0 spiro atoms. The Kier molecular flexibility index (Phi) is 3.00. The molecule has 1 aliphatic rings. The SMILES string of the molecule is CCCNc1nc(NCC2(C)CC2)c2[nH]cnc2n1. The molecule has 2 heterocycles. The molecular weight excluding hydrogens is 240 g/mol. The third kappa shape index (κ3) is 2.62. The van der Waals surface area contributed by atoms with Crippen LogP contribution in [0.1, 0.15) is 33.1 Å². The summed E-state index contributed by atoms with van der Waals surface area (Å²) in [5, 5.41) is 6.64. The lowest BCUT2D eigenvalue weighted by molar-refractivity contribution is 0.609. The summed E-state index contributed by atoms with van der Waals surface area (Å²) in [6.07, 6.45) is 5.28. The van der Waals surface area contributed by atoms with Crippen molar-refractivity contribution >= 4 is 22.9 Å². The molecule has 1 fully saturated rings. The summed E-state index contributed by atoms with van der Waals surface area (Å²) in [5.41, 5.74) is 2.03. The second-order valence-corrected chi connectivity index (χ2v) is 5.59. The van der Waals surface area contributed by atoms with Crippen molar-refractivity contribution < 1.29 is 0 Å². The number of hydrogen-bond acceptors (Lipinski definition) is 5. The summed E-state index contributed by atoms with van der Waals surface area (Å²) in [6, 6.07) is 0. The van der Waals surface area contributed by atoms with Crippen LogP contribution < -0.4 is 10.6 Å². The molecule has 6 nitrogen and oxygen atoms in total. The topological polar surface area (TPSA) is 78.5 Å². The van der Waals surface area contributed by atoms with Crippen molar-refractivity contribution in [2.75, 3.05) is 23.7 Å². The molecule has 0 atom stereocenters. The lowest BCUT2D eigenvalue weighted by Crippen LogP contribution is -2.14. The van der Waals surface area contributed by atoms with Crippen LogP contribution in [0, 0.1) is 5.41 Å². The van der Waals surface area contributed by atoms with Crippen LogP contribution in [-0.4, -0.2) is 33.0 Å². The zero-order valence-electron chi connectivity index (χ0n) is 11.5. The summed E-state index contributed by atoms with van der Waals surface area (Å²) in [6.45, 7) is 6.23. The van der Waals surface area contributed by atoms with Gasteiger partial charge in [-0.05, 0) is 24.7 Å². The molecule has 2 aromatic heterocycles. The molecule has 3 N–H and O–H groups in total. The van der Waals surface area contributed by atoms with Gasteiger partial charge >= 0.3 is 0 Å². The second kappa shape index (κ2) is 4.68. The maximum Gasteiger partial charge on any atom is 0.226 e. The van der Waals surface area contributed by atoms with Gasteiger partial charge in [-0.1, -0.05) is 13.8 Å². The molecule has 1 saturated carbocycles. The van der Waals surface area contributed by atoms with Crippen LogP contribution in [0.4, 0.5) is 11.8 Å². The highest BCUT2D eigenvalue weighted by Gasteiger charge is 2.37. The molecule has 0 radical (unpaired) electrons. The van der Waals surface area contributed by atoms with E-state index in [2.05, 4.69) is 44.4 Å². The lowest BCUT2D eigenvalue weighted by Gasteiger charge is -2.12. The molecular formula is C13H20N6. The molecule has 0 unspecified atom stereocenters. The molecule has 2 aromatic rings. The van der Waals surface area contributed by atoms with E-state index >= 15 is 0 Å². The fourth-order valence-corrected chi connectivity index (χ4v) is 1.96. The molecule has 0 amide bonds. The highest BCUT2D eigenvalue weighted by molar-refractivity contribution is 5.83. The van der Waals surface area contributed by atoms with Crippen LogP contribution >= 0.6 is 0 Å². The van der Waals surface area contributed by atoms with Crippen LogP contribution in [0.25, 0.3) is 11.2 Å². The van der Waals surface area contributed by atoms with Gasteiger partial charge in [0.1, 0.15) is 5.52 Å². The summed E-state index contributed by atoms with van der Waals surface area (Å²) < 4.78 is 0. The number of anilines is 2. The third-order valence-electron chi connectivity index (χ3n) is 3.60. The molecule has 19 heavy (non-hydrogen) atoms. The Morgan fingerprint density at radius 1 is 1.32 bits per heavy atom. The quantitative estimate of drug-likeness (QED) is 0.743. The van der Waals surface area contributed by atoms with Crippen LogP contribution in [0.3, 0.4) is 0 Å². The van der Waals surface area contributed by atoms with Crippen molar-refractivity contribution in [3.63, 3.8) is 0 Å². The Morgan fingerprint density at radius 3 is 2.89 bits per heavy atom. The number of hydrogen-bond donors (Lipinski definition) is 3. The lowest BCUT2D eigenvalue weighted by atomic mass is 10.1. The molecule has 0 saturated heterocycles. The van der Waals surface area contributed by atoms with Crippen molar-refractivity contribution in [3.05, 3.63) is 6.33 Å². The van der Waals surface area contributed by atoms with Crippen molar-refractivity contribution in [2.45, 2.75) is 33.1 Å². The van der Waals surface area contributed by atoms with E-state index in [4.69, 9.17) is 0 Å². The first kappa shape index (κ1) is 12.2. The molecule has 102 valence electrons. The van der Waals surface area contributed by atoms with Gasteiger partial charge in [0.15, 0.2) is 11.5 Å². The first-order valence-corrected chi connectivity index (χ1v) is 6.89. The van der Waals surface area contributed by atoms with Crippen LogP contribution in [0.15, 0.2) is 6.33 Å². The first-order chi connectivity index (χ1) is 9.20. The highest BCUT2D eigenvalue weighted by Crippen LogP contribution is 2.44. The standard InChI is InChI=1S/C13H20N6/c1-3-6-14-12-18-10(15-7-13(2)4-5-13)9-11(19-12)17-8-16-9/h8H,3-7H2,1-2H3,(H3,14,15,16,17,18,19). The average Bonchev–Trinajstić information content (AvgIpc) is 2.96. The maximum absolute atomic E-state index is 4.54. The van der Waals surface area contributed by atoms with Gasteiger partial charge in [-0.15, -0.1) is 0 Å². The molecule has 3 rings (SSSR count). The highest BCUT2D eigenvalue weighted by atomic mass is 15.2. The largest absolute Gasteiger partial charge is 0.368 e. The van der Waals surface area contributed by atoms with Crippen molar-refractivity contribution in [2.24, 2.45) is 5.41 Å².